The van der Waals surface area contributed by atoms with Crippen molar-refractivity contribution >= 4 is 43.6 Å². The van der Waals surface area contributed by atoms with Gasteiger partial charge in [-0.15, -0.1) is 0 Å². The fourth-order valence-corrected chi connectivity index (χ4v) is 7.08. The number of H-pyrrole nitrogens is 3. The lowest BCUT2D eigenvalue weighted by atomic mass is 9.84. The van der Waals surface area contributed by atoms with E-state index in [2.05, 4.69) is 112 Å². The average molecular weight is 630 g/mol. The van der Waals surface area contributed by atoms with E-state index >= 15 is 0 Å². The molecule has 0 spiro atoms. The van der Waals surface area contributed by atoms with Gasteiger partial charge >= 0.3 is 0 Å². The molecule has 230 valence electrons. The summed E-state index contributed by atoms with van der Waals surface area (Å²) < 4.78 is 0. The summed E-state index contributed by atoms with van der Waals surface area (Å²) in [7, 11) is 0. The first-order chi connectivity index (χ1) is 24.3. The van der Waals surface area contributed by atoms with Crippen LogP contribution in [0.5, 0.6) is 0 Å². The van der Waals surface area contributed by atoms with Gasteiger partial charge in [0.25, 0.3) is 0 Å². The molecule has 0 aliphatic carbocycles. The number of hydrogen-bond acceptors (Lipinski definition) is 4. The molecule has 49 heavy (non-hydrogen) atoms. The van der Waals surface area contributed by atoms with E-state index in [0.717, 1.165) is 100 Å². The maximum absolute atomic E-state index is 5.35. The molecule has 0 saturated heterocycles. The molecule has 10 rings (SSSR count). The molecular weight excluding hydrogens is 603 g/mol. The van der Waals surface area contributed by atoms with Gasteiger partial charge in [0.05, 0.1) is 33.6 Å². The zero-order chi connectivity index (χ0) is 32.3. The van der Waals surface area contributed by atoms with Gasteiger partial charge in [0.1, 0.15) is 5.82 Å². The topological polar surface area (TPSA) is 98.9 Å². The van der Waals surface area contributed by atoms with Crippen LogP contribution in [0, 0.1) is 0 Å². The highest BCUT2D eigenvalue weighted by Gasteiger charge is 2.28. The first-order valence-corrected chi connectivity index (χ1v) is 16.2. The van der Waals surface area contributed by atoms with E-state index in [4.69, 9.17) is 20.1 Å². The van der Waals surface area contributed by atoms with Crippen molar-refractivity contribution in [2.45, 2.75) is 0 Å². The minimum Gasteiger partial charge on any atom is -0.354 e. The first kappa shape index (κ1) is 27.3. The molecule has 5 heterocycles. The van der Waals surface area contributed by atoms with Gasteiger partial charge in [-0.05, 0) is 60.0 Å². The minimum absolute atomic E-state index is 0.743. The molecule has 0 bridgehead atoms. The first-order valence-electron chi connectivity index (χ1n) is 16.2. The normalized spacial score (nSPS) is 11.7. The van der Waals surface area contributed by atoms with Crippen molar-refractivity contribution < 1.29 is 0 Å². The lowest BCUT2D eigenvalue weighted by Crippen LogP contribution is -2.01. The second-order valence-electron chi connectivity index (χ2n) is 12.2. The monoisotopic (exact) mass is 629 g/mol. The number of aromatic nitrogens is 7. The highest BCUT2D eigenvalue weighted by Crippen LogP contribution is 2.50. The second kappa shape index (κ2) is 10.9. The summed E-state index contributed by atoms with van der Waals surface area (Å²) in [5.41, 5.74) is 12.0. The molecular formula is C42H27N7. The third-order valence-corrected chi connectivity index (χ3v) is 9.31. The van der Waals surface area contributed by atoms with Gasteiger partial charge < -0.3 is 9.97 Å². The van der Waals surface area contributed by atoms with Crippen molar-refractivity contribution in [3.63, 3.8) is 0 Å². The molecule has 5 aromatic heterocycles. The smallest absolute Gasteiger partial charge is 0.139 e. The summed E-state index contributed by atoms with van der Waals surface area (Å²) in [6, 6.07) is 45.9. The number of imidazole rings is 1. The minimum atomic E-state index is 0.743. The number of fused-ring (bicyclic) bond motifs is 4. The van der Waals surface area contributed by atoms with Gasteiger partial charge in [0, 0.05) is 67.6 Å². The number of hydrogen-bond donors (Lipinski definition) is 3. The lowest BCUT2D eigenvalue weighted by molar-refractivity contribution is 1.10. The summed E-state index contributed by atoms with van der Waals surface area (Å²) in [5, 5.41) is 12.1. The predicted octanol–water partition coefficient (Wildman–Crippen LogP) is 10.2. The standard InChI is InChI=1S/C42H27N7/c1-4-12-28-25(9-1)19-21-43-41(28)39-30(42-47-34-15-7-8-16-35(34)48-42)24-29(33-20-22-44-49-33)38(37-23-27-11-3-6-14-32(27)46-37)40(39)36-18-17-26-10-2-5-13-31(26)45-36/h1-24,46H,(H,44,49)(H,47,48). The number of pyridine rings is 2. The molecule has 0 saturated carbocycles. The molecule has 5 aromatic carbocycles. The molecule has 0 aliphatic rings. The van der Waals surface area contributed by atoms with Crippen LogP contribution in [0.2, 0.25) is 0 Å². The van der Waals surface area contributed by atoms with Gasteiger partial charge in [0.2, 0.25) is 0 Å². The van der Waals surface area contributed by atoms with Crippen LogP contribution in [0.15, 0.2) is 146 Å². The number of benzene rings is 5. The van der Waals surface area contributed by atoms with Crippen LogP contribution in [-0.4, -0.2) is 35.1 Å². The Morgan fingerprint density at radius 2 is 1.27 bits per heavy atom. The molecule has 7 heteroatoms. The molecule has 0 fully saturated rings. The van der Waals surface area contributed by atoms with Crippen molar-refractivity contribution in [3.05, 3.63) is 146 Å². The Hall–Kier alpha value is -6.86. The third kappa shape index (κ3) is 4.44. The number of aromatic amines is 3. The highest BCUT2D eigenvalue weighted by atomic mass is 15.1. The van der Waals surface area contributed by atoms with E-state index in [-0.39, 0.29) is 0 Å². The van der Waals surface area contributed by atoms with Crippen molar-refractivity contribution in [1.82, 2.24) is 35.1 Å². The lowest BCUT2D eigenvalue weighted by Gasteiger charge is -2.22. The van der Waals surface area contributed by atoms with Crippen LogP contribution in [0.3, 0.4) is 0 Å². The Morgan fingerprint density at radius 3 is 2.10 bits per heavy atom. The van der Waals surface area contributed by atoms with Crippen molar-refractivity contribution in [2.24, 2.45) is 0 Å². The van der Waals surface area contributed by atoms with Crippen LogP contribution in [-0.2, 0) is 0 Å². The Labute approximate surface area is 280 Å². The van der Waals surface area contributed by atoms with E-state index in [1.165, 1.54) is 0 Å². The largest absolute Gasteiger partial charge is 0.354 e. The number of rotatable bonds is 5. The fraction of sp³-hybridized carbons (Fsp3) is 0. The summed E-state index contributed by atoms with van der Waals surface area (Å²) in [6.45, 7) is 0. The highest BCUT2D eigenvalue weighted by molar-refractivity contribution is 6.11. The van der Waals surface area contributed by atoms with Crippen molar-refractivity contribution in [1.29, 1.82) is 0 Å². The maximum atomic E-state index is 5.35. The van der Waals surface area contributed by atoms with E-state index in [9.17, 15) is 0 Å². The van der Waals surface area contributed by atoms with Gasteiger partial charge in [-0.2, -0.15) is 5.10 Å². The van der Waals surface area contributed by atoms with E-state index < -0.39 is 0 Å². The second-order valence-corrected chi connectivity index (χ2v) is 12.2. The molecule has 3 N–H and O–H groups in total. The predicted molar refractivity (Wildman–Crippen MR) is 198 cm³/mol. The summed E-state index contributed by atoms with van der Waals surface area (Å²) in [6.07, 6.45) is 3.75. The molecule has 7 nitrogen and oxygen atoms in total. The van der Waals surface area contributed by atoms with Crippen LogP contribution < -0.4 is 0 Å². The Kier molecular flexibility index (Phi) is 6.04. The maximum Gasteiger partial charge on any atom is 0.139 e. The zero-order valence-corrected chi connectivity index (χ0v) is 26.1. The zero-order valence-electron chi connectivity index (χ0n) is 26.1. The van der Waals surface area contributed by atoms with Crippen molar-refractivity contribution in [2.75, 3.05) is 0 Å². The molecule has 0 unspecified atom stereocenters. The molecule has 0 atom stereocenters. The Balaban J connectivity index is 1.44. The number of nitrogens with zero attached hydrogens (tertiary/aromatic N) is 4. The molecule has 10 aromatic rings. The van der Waals surface area contributed by atoms with Crippen LogP contribution in [0.25, 0.3) is 100 Å². The molecule has 0 radical (unpaired) electrons. The van der Waals surface area contributed by atoms with E-state index in [1.807, 2.05) is 48.8 Å². The van der Waals surface area contributed by atoms with Gasteiger partial charge in [0.15, 0.2) is 0 Å². The van der Waals surface area contributed by atoms with Crippen LogP contribution in [0.1, 0.15) is 0 Å². The van der Waals surface area contributed by atoms with Crippen LogP contribution >= 0.6 is 0 Å². The average Bonchev–Trinajstić information content (AvgIpc) is 3.94. The van der Waals surface area contributed by atoms with Gasteiger partial charge in [-0.25, -0.2) is 9.97 Å². The number of nitrogens with one attached hydrogen (secondary N) is 3. The summed E-state index contributed by atoms with van der Waals surface area (Å²) in [4.78, 5) is 23.0. The molecule has 0 aliphatic heterocycles. The Bertz CT molecular complexity index is 2770. The van der Waals surface area contributed by atoms with Crippen LogP contribution in [0.4, 0.5) is 0 Å². The van der Waals surface area contributed by atoms with Crippen molar-refractivity contribution in [3.8, 4) is 56.4 Å². The third-order valence-electron chi connectivity index (χ3n) is 9.31. The number of para-hydroxylation sites is 4. The van der Waals surface area contributed by atoms with Gasteiger partial charge in [-0.1, -0.05) is 78.9 Å². The van der Waals surface area contributed by atoms with E-state index in [0.29, 0.717) is 0 Å². The molecule has 0 amide bonds. The quantitative estimate of drug-likeness (QED) is 0.176. The van der Waals surface area contributed by atoms with E-state index in [1.54, 1.807) is 0 Å². The Morgan fingerprint density at radius 1 is 0.490 bits per heavy atom. The van der Waals surface area contributed by atoms with Gasteiger partial charge in [-0.3, -0.25) is 10.1 Å². The fourth-order valence-electron chi connectivity index (χ4n) is 7.08. The SMILES string of the molecule is c1ccc2nc(-c3c(-c4cc5ccccc5[nH]4)c(-c4cc[nH]n4)cc(-c4nc5ccccc5[nH]4)c3-c3nccc4ccccc34)ccc2c1. The summed E-state index contributed by atoms with van der Waals surface area (Å²) in [5.74, 6) is 0.743. The summed E-state index contributed by atoms with van der Waals surface area (Å²) >= 11 is 0.